The maximum absolute atomic E-state index is 12.8. The number of nitrogens with zero attached hydrogens (tertiary/aromatic N) is 1. The summed E-state index contributed by atoms with van der Waals surface area (Å²) in [5.41, 5.74) is 4.17. The van der Waals surface area contributed by atoms with E-state index in [0.717, 1.165) is 23.3 Å². The van der Waals surface area contributed by atoms with E-state index in [2.05, 4.69) is 21.2 Å². The summed E-state index contributed by atoms with van der Waals surface area (Å²) in [7, 11) is 0. The van der Waals surface area contributed by atoms with Crippen LogP contribution < -0.4 is 16.1 Å². The molecule has 0 bridgehead atoms. The van der Waals surface area contributed by atoms with E-state index in [-0.39, 0.29) is 5.69 Å². The van der Waals surface area contributed by atoms with Crippen LogP contribution in [0.25, 0.3) is 0 Å². The Morgan fingerprint density at radius 3 is 2.19 bits per heavy atom. The highest BCUT2D eigenvalue weighted by molar-refractivity contribution is 6.00. The molecule has 0 radical (unpaired) electrons. The molecule has 0 aliphatic rings. The Kier molecular flexibility index (Phi) is 6.89. The number of anilines is 2. The smallest absolute Gasteiger partial charge is 0.308 e. The Labute approximate surface area is 182 Å². The van der Waals surface area contributed by atoms with Gasteiger partial charge in [0.05, 0.1) is 11.8 Å². The van der Waals surface area contributed by atoms with Crippen molar-refractivity contribution in [2.75, 3.05) is 10.6 Å². The van der Waals surface area contributed by atoms with Crippen molar-refractivity contribution in [3.05, 3.63) is 95.1 Å². The number of aryl methyl sites for hydroxylation is 1. The van der Waals surface area contributed by atoms with Gasteiger partial charge in [0, 0.05) is 16.9 Å². The lowest BCUT2D eigenvalue weighted by atomic mass is 10.2. The van der Waals surface area contributed by atoms with Crippen LogP contribution in [0.1, 0.15) is 27.0 Å². The maximum Gasteiger partial charge on any atom is 0.416 e. The second-order valence-corrected chi connectivity index (χ2v) is 6.84. The molecule has 0 saturated carbocycles. The third-order valence-corrected chi connectivity index (χ3v) is 4.31. The highest BCUT2D eigenvalue weighted by Gasteiger charge is 2.30. The summed E-state index contributed by atoms with van der Waals surface area (Å²) < 4.78 is 38.3. The summed E-state index contributed by atoms with van der Waals surface area (Å²) in [4.78, 5) is 24.2. The molecule has 0 fully saturated rings. The van der Waals surface area contributed by atoms with Crippen molar-refractivity contribution in [3.8, 4) is 0 Å². The van der Waals surface area contributed by atoms with Gasteiger partial charge in [-0.05, 0) is 55.0 Å². The molecule has 0 unspecified atom stereocenters. The van der Waals surface area contributed by atoms with Gasteiger partial charge in [-0.15, -0.1) is 0 Å². The molecular weight excluding hydrogens is 421 g/mol. The predicted octanol–water partition coefficient (Wildman–Crippen LogP) is 5.42. The van der Waals surface area contributed by atoms with Crippen LogP contribution in [0, 0.1) is 6.92 Å². The molecule has 6 nitrogen and oxygen atoms in total. The van der Waals surface area contributed by atoms with Gasteiger partial charge >= 0.3 is 12.2 Å². The number of hydrogen-bond acceptors (Lipinski definition) is 3. The normalized spacial score (nSPS) is 11.2. The first-order chi connectivity index (χ1) is 15.2. The SMILES string of the molecule is Cc1ccc(/C=N\NC(=O)c2ccc(NC(=O)Nc3cccc(C(F)(F)F)c3)cc2)cc1. The molecule has 0 aromatic heterocycles. The molecule has 0 saturated heterocycles. The molecule has 0 aliphatic carbocycles. The summed E-state index contributed by atoms with van der Waals surface area (Å²) >= 11 is 0. The van der Waals surface area contributed by atoms with Crippen LogP contribution in [-0.4, -0.2) is 18.2 Å². The van der Waals surface area contributed by atoms with Gasteiger partial charge in [0.15, 0.2) is 0 Å². The number of alkyl halides is 3. The Morgan fingerprint density at radius 1 is 0.875 bits per heavy atom. The minimum atomic E-state index is -4.51. The maximum atomic E-state index is 12.8. The molecule has 164 valence electrons. The van der Waals surface area contributed by atoms with Crippen LogP contribution in [0.4, 0.5) is 29.3 Å². The Bertz CT molecular complexity index is 1130. The Hall–Kier alpha value is -4.14. The van der Waals surface area contributed by atoms with E-state index in [1.54, 1.807) is 0 Å². The Morgan fingerprint density at radius 2 is 1.53 bits per heavy atom. The molecule has 3 aromatic carbocycles. The van der Waals surface area contributed by atoms with Crippen molar-refractivity contribution in [1.29, 1.82) is 0 Å². The van der Waals surface area contributed by atoms with E-state index >= 15 is 0 Å². The first kappa shape index (κ1) is 22.5. The minimum absolute atomic E-state index is 0.000221. The van der Waals surface area contributed by atoms with Crippen LogP contribution in [0.3, 0.4) is 0 Å². The van der Waals surface area contributed by atoms with Crippen LogP contribution in [0.2, 0.25) is 0 Å². The number of hydrogen-bond donors (Lipinski definition) is 3. The second-order valence-electron chi connectivity index (χ2n) is 6.84. The molecule has 0 heterocycles. The highest BCUT2D eigenvalue weighted by Crippen LogP contribution is 2.30. The zero-order valence-electron chi connectivity index (χ0n) is 16.9. The number of carbonyl (C=O) groups excluding carboxylic acids is 2. The summed E-state index contributed by atoms with van der Waals surface area (Å²) in [6.45, 7) is 1.97. The van der Waals surface area contributed by atoms with Crippen molar-refractivity contribution in [1.82, 2.24) is 5.43 Å². The van der Waals surface area contributed by atoms with Crippen molar-refractivity contribution in [2.24, 2.45) is 5.10 Å². The topological polar surface area (TPSA) is 82.6 Å². The molecule has 3 N–H and O–H groups in total. The fourth-order valence-corrected chi connectivity index (χ4v) is 2.65. The molecule has 32 heavy (non-hydrogen) atoms. The fraction of sp³-hybridized carbons (Fsp3) is 0.0870. The molecule has 0 aliphatic heterocycles. The lowest BCUT2D eigenvalue weighted by Crippen LogP contribution is -2.20. The number of halogens is 3. The zero-order valence-corrected chi connectivity index (χ0v) is 16.9. The summed E-state index contributed by atoms with van der Waals surface area (Å²) in [6, 6.07) is 17.1. The van der Waals surface area contributed by atoms with Gasteiger partial charge < -0.3 is 10.6 Å². The van der Waals surface area contributed by atoms with E-state index in [9.17, 15) is 22.8 Å². The highest BCUT2D eigenvalue weighted by atomic mass is 19.4. The molecule has 9 heteroatoms. The Balaban J connectivity index is 1.54. The third-order valence-electron chi connectivity index (χ3n) is 4.31. The van der Waals surface area contributed by atoms with Crippen LogP contribution in [0.15, 0.2) is 77.9 Å². The summed E-state index contributed by atoms with van der Waals surface area (Å²) in [5, 5.41) is 8.74. The number of rotatable bonds is 5. The number of amides is 3. The summed E-state index contributed by atoms with van der Waals surface area (Å²) in [6.07, 6.45) is -2.99. The van der Waals surface area contributed by atoms with Crippen molar-refractivity contribution < 1.29 is 22.8 Å². The van der Waals surface area contributed by atoms with E-state index in [4.69, 9.17) is 0 Å². The van der Waals surface area contributed by atoms with Crippen molar-refractivity contribution >= 4 is 29.5 Å². The predicted molar refractivity (Wildman–Crippen MR) is 117 cm³/mol. The van der Waals surface area contributed by atoms with Gasteiger partial charge in [-0.1, -0.05) is 35.9 Å². The molecule has 3 rings (SSSR count). The van der Waals surface area contributed by atoms with Crippen molar-refractivity contribution in [2.45, 2.75) is 13.1 Å². The largest absolute Gasteiger partial charge is 0.416 e. The van der Waals surface area contributed by atoms with Gasteiger partial charge in [-0.3, -0.25) is 4.79 Å². The van der Waals surface area contributed by atoms with E-state index in [1.807, 2.05) is 31.2 Å². The lowest BCUT2D eigenvalue weighted by Gasteiger charge is -2.11. The van der Waals surface area contributed by atoms with Crippen molar-refractivity contribution in [3.63, 3.8) is 0 Å². The van der Waals surface area contributed by atoms with Gasteiger partial charge in [0.25, 0.3) is 5.91 Å². The number of carbonyl (C=O) groups is 2. The van der Waals surface area contributed by atoms with E-state index in [1.165, 1.54) is 42.6 Å². The number of nitrogens with one attached hydrogen (secondary N) is 3. The first-order valence-electron chi connectivity index (χ1n) is 9.46. The quantitative estimate of drug-likeness (QED) is 0.366. The first-order valence-corrected chi connectivity index (χ1v) is 9.46. The zero-order chi connectivity index (χ0) is 23.1. The monoisotopic (exact) mass is 440 g/mol. The van der Waals surface area contributed by atoms with E-state index in [0.29, 0.717) is 11.3 Å². The minimum Gasteiger partial charge on any atom is -0.308 e. The van der Waals surface area contributed by atoms with Crippen LogP contribution in [0.5, 0.6) is 0 Å². The van der Waals surface area contributed by atoms with E-state index < -0.39 is 23.7 Å². The molecule has 3 aromatic rings. The average molecular weight is 440 g/mol. The number of hydrazone groups is 1. The standard InChI is InChI=1S/C23H19F3N4O2/c1-15-5-7-16(8-6-15)14-27-30-21(31)17-9-11-19(12-10-17)28-22(32)29-20-4-2-3-18(13-20)23(24,25)26/h2-14H,1H3,(H,30,31)(H2,28,29,32)/b27-14-. The van der Waals surface area contributed by atoms with Gasteiger partial charge in [-0.25, -0.2) is 10.2 Å². The second kappa shape index (κ2) is 9.78. The average Bonchev–Trinajstić information content (AvgIpc) is 2.75. The fourth-order valence-electron chi connectivity index (χ4n) is 2.65. The van der Waals surface area contributed by atoms with Gasteiger partial charge in [0.1, 0.15) is 0 Å². The third kappa shape index (κ3) is 6.43. The number of benzene rings is 3. The van der Waals surface area contributed by atoms with Gasteiger partial charge in [-0.2, -0.15) is 18.3 Å². The molecular formula is C23H19F3N4O2. The number of urea groups is 1. The van der Waals surface area contributed by atoms with Crippen LogP contribution in [-0.2, 0) is 6.18 Å². The van der Waals surface area contributed by atoms with Crippen LogP contribution >= 0.6 is 0 Å². The summed E-state index contributed by atoms with van der Waals surface area (Å²) in [5.74, 6) is -0.437. The van der Waals surface area contributed by atoms with Gasteiger partial charge in [0.2, 0.25) is 0 Å². The molecule has 0 spiro atoms. The lowest BCUT2D eigenvalue weighted by molar-refractivity contribution is -0.137. The molecule has 0 atom stereocenters. The molecule has 3 amide bonds.